The topological polar surface area (TPSA) is 78.8 Å². The molecule has 1 aromatic carbocycles. The van der Waals surface area contributed by atoms with Gasteiger partial charge in [-0.3, -0.25) is 14.5 Å². The number of fused-ring (bicyclic) bond motifs is 1. The fraction of sp³-hybridized carbons (Fsp3) is 0.529. The molecule has 0 saturated heterocycles. The van der Waals surface area contributed by atoms with Crippen LogP contribution in [-0.2, 0) is 14.8 Å². The number of benzene rings is 1. The Labute approximate surface area is 143 Å². The minimum Gasteiger partial charge on any atom is -0.335 e. The summed E-state index contributed by atoms with van der Waals surface area (Å²) >= 11 is 0. The van der Waals surface area contributed by atoms with Crippen molar-refractivity contribution in [1.82, 2.24) is 9.62 Å². The molecule has 6 nitrogen and oxygen atoms in total. The molecular weight excluding hydrogens is 326 g/mol. The van der Waals surface area contributed by atoms with Gasteiger partial charge in [0.05, 0.1) is 4.90 Å². The van der Waals surface area contributed by atoms with E-state index in [0.29, 0.717) is 17.5 Å². The van der Waals surface area contributed by atoms with Gasteiger partial charge in [-0.1, -0.05) is 26.0 Å². The quantitative estimate of drug-likeness (QED) is 0.880. The van der Waals surface area contributed by atoms with Crippen LogP contribution < -0.4 is 4.72 Å². The number of carbonyl (C=O) groups excluding carboxylic acids is 1. The summed E-state index contributed by atoms with van der Waals surface area (Å²) in [5.41, 5.74) is 0.528. The molecule has 0 spiro atoms. The molecule has 130 valence electrons. The summed E-state index contributed by atoms with van der Waals surface area (Å²) in [6.45, 7) is 6.21. The van der Waals surface area contributed by atoms with Gasteiger partial charge >= 0.3 is 0 Å². The number of nitrogens with one attached hydrogen (secondary N) is 1. The summed E-state index contributed by atoms with van der Waals surface area (Å²) in [6.07, 6.45) is 2.07. The Morgan fingerprint density at radius 3 is 2.58 bits per heavy atom. The van der Waals surface area contributed by atoms with Crippen molar-refractivity contribution < 1.29 is 13.2 Å². The number of carbonyl (C=O) groups is 1. The van der Waals surface area contributed by atoms with E-state index in [-0.39, 0.29) is 29.2 Å². The van der Waals surface area contributed by atoms with Crippen molar-refractivity contribution in [1.29, 1.82) is 0 Å². The maximum atomic E-state index is 12.6. The number of hydrogen-bond donors (Lipinski definition) is 1. The van der Waals surface area contributed by atoms with Crippen molar-refractivity contribution >= 4 is 21.8 Å². The average Bonchev–Trinajstić information content (AvgIpc) is 3.32. The third-order valence-corrected chi connectivity index (χ3v) is 6.06. The van der Waals surface area contributed by atoms with Crippen LogP contribution in [0.4, 0.5) is 0 Å². The molecular formula is C17H23N3O3S. The molecule has 1 aromatic rings. The van der Waals surface area contributed by atoms with E-state index in [1.165, 1.54) is 0 Å². The van der Waals surface area contributed by atoms with Crippen LogP contribution in [0.15, 0.2) is 34.2 Å². The largest absolute Gasteiger partial charge is 0.335 e. The van der Waals surface area contributed by atoms with Gasteiger partial charge in [0.1, 0.15) is 12.4 Å². The second-order valence-electron chi connectivity index (χ2n) is 6.78. The van der Waals surface area contributed by atoms with E-state index in [1.54, 1.807) is 24.3 Å². The number of nitrogens with zero attached hydrogens (tertiary/aromatic N) is 2. The molecule has 1 saturated carbocycles. The third-order valence-electron chi connectivity index (χ3n) is 4.67. The molecule has 1 heterocycles. The molecule has 24 heavy (non-hydrogen) atoms. The van der Waals surface area contributed by atoms with Gasteiger partial charge in [-0.05, 0) is 37.8 Å². The van der Waals surface area contributed by atoms with Crippen molar-refractivity contribution in [2.75, 3.05) is 6.54 Å². The molecule has 1 fully saturated rings. The zero-order chi connectivity index (χ0) is 17.5. The van der Waals surface area contributed by atoms with Crippen molar-refractivity contribution in [3.63, 3.8) is 0 Å². The fourth-order valence-electron chi connectivity index (χ4n) is 2.92. The zero-order valence-electron chi connectivity index (χ0n) is 14.2. The molecule has 1 unspecified atom stereocenters. The van der Waals surface area contributed by atoms with Gasteiger partial charge in [-0.25, -0.2) is 8.42 Å². The minimum absolute atomic E-state index is 0.0419. The normalized spacial score (nSPS) is 21.4. The Balaban J connectivity index is 1.80. The lowest BCUT2D eigenvalue weighted by atomic mass is 10.0. The van der Waals surface area contributed by atoms with E-state index in [0.717, 1.165) is 12.8 Å². The van der Waals surface area contributed by atoms with E-state index in [1.807, 2.05) is 4.90 Å². The van der Waals surface area contributed by atoms with Gasteiger partial charge in [0, 0.05) is 17.6 Å². The Bertz CT molecular complexity index is 782. The highest BCUT2D eigenvalue weighted by atomic mass is 32.2. The lowest BCUT2D eigenvalue weighted by Gasteiger charge is -2.31. The van der Waals surface area contributed by atoms with Crippen LogP contribution in [0.25, 0.3) is 0 Å². The van der Waals surface area contributed by atoms with E-state index in [4.69, 9.17) is 0 Å². The first-order valence-electron chi connectivity index (χ1n) is 8.29. The van der Waals surface area contributed by atoms with Crippen LogP contribution in [-0.4, -0.2) is 43.7 Å². The lowest BCUT2D eigenvalue weighted by molar-refractivity contribution is -0.133. The molecule has 3 rings (SSSR count). The molecule has 0 radical (unpaired) electrons. The SMILES string of the molecule is CC(C)C(C)N(C(=O)CN=C1NS(=O)(=O)c2ccccc21)C1CC1. The standard InChI is InChI=1S/C17H23N3O3S/c1-11(2)12(3)20(13-8-9-13)16(21)10-18-17-14-6-4-5-7-15(14)24(22,23)19-17/h4-7,11-13H,8-10H2,1-3H3,(H,18,19). The van der Waals surface area contributed by atoms with Gasteiger partial charge in [0.2, 0.25) is 5.91 Å². The maximum absolute atomic E-state index is 12.6. The van der Waals surface area contributed by atoms with Crippen LogP contribution in [0.3, 0.4) is 0 Å². The number of amides is 1. The summed E-state index contributed by atoms with van der Waals surface area (Å²) in [5, 5.41) is 0. The average molecular weight is 349 g/mol. The molecule has 0 bridgehead atoms. The monoisotopic (exact) mass is 349 g/mol. The highest BCUT2D eigenvalue weighted by molar-refractivity contribution is 7.90. The van der Waals surface area contributed by atoms with Crippen LogP contribution in [0.1, 0.15) is 39.2 Å². The maximum Gasteiger partial charge on any atom is 0.263 e. The van der Waals surface area contributed by atoms with Gasteiger partial charge in [-0.2, -0.15) is 0 Å². The number of rotatable bonds is 5. The Hall–Kier alpha value is -1.89. The molecule has 1 amide bonds. The van der Waals surface area contributed by atoms with Crippen LogP contribution in [0.2, 0.25) is 0 Å². The first-order valence-corrected chi connectivity index (χ1v) is 9.77. The fourth-order valence-corrected chi connectivity index (χ4v) is 4.17. The van der Waals surface area contributed by atoms with Crippen LogP contribution >= 0.6 is 0 Å². The summed E-state index contributed by atoms with van der Waals surface area (Å²) in [6, 6.07) is 7.13. The van der Waals surface area contributed by atoms with E-state index in [2.05, 4.69) is 30.5 Å². The molecule has 7 heteroatoms. The predicted octanol–water partition coefficient (Wildman–Crippen LogP) is 1.76. The van der Waals surface area contributed by atoms with Gasteiger partial charge in [-0.15, -0.1) is 0 Å². The van der Waals surface area contributed by atoms with Gasteiger partial charge in [0.15, 0.2) is 0 Å². The molecule has 1 N–H and O–H groups in total. The van der Waals surface area contributed by atoms with Crippen LogP contribution in [0, 0.1) is 5.92 Å². The number of hydrogen-bond acceptors (Lipinski definition) is 4. The van der Waals surface area contributed by atoms with E-state index >= 15 is 0 Å². The van der Waals surface area contributed by atoms with Crippen molar-refractivity contribution in [2.24, 2.45) is 10.9 Å². The zero-order valence-corrected chi connectivity index (χ0v) is 15.0. The molecule has 1 aliphatic heterocycles. The summed E-state index contributed by atoms with van der Waals surface area (Å²) < 4.78 is 26.6. The van der Waals surface area contributed by atoms with Gasteiger partial charge in [0.25, 0.3) is 10.0 Å². The molecule has 2 aliphatic rings. The first-order chi connectivity index (χ1) is 11.3. The third kappa shape index (κ3) is 3.17. The van der Waals surface area contributed by atoms with Crippen molar-refractivity contribution in [2.45, 2.75) is 50.6 Å². The first kappa shape index (κ1) is 17.0. The molecule has 1 atom stereocenters. The predicted molar refractivity (Wildman–Crippen MR) is 92.3 cm³/mol. The molecule has 1 aliphatic carbocycles. The van der Waals surface area contributed by atoms with Crippen molar-refractivity contribution in [3.05, 3.63) is 29.8 Å². The lowest BCUT2D eigenvalue weighted by Crippen LogP contribution is -2.44. The second kappa shape index (κ2) is 6.20. The minimum atomic E-state index is -3.56. The Morgan fingerprint density at radius 2 is 1.96 bits per heavy atom. The summed E-state index contributed by atoms with van der Waals surface area (Å²) in [7, 11) is -3.56. The number of amidine groups is 1. The number of sulfonamides is 1. The summed E-state index contributed by atoms with van der Waals surface area (Å²) in [4.78, 5) is 19.0. The second-order valence-corrected chi connectivity index (χ2v) is 8.43. The molecule has 0 aromatic heterocycles. The number of aliphatic imine (C=N–C) groups is 1. The van der Waals surface area contributed by atoms with Gasteiger partial charge < -0.3 is 4.90 Å². The van der Waals surface area contributed by atoms with E-state index in [9.17, 15) is 13.2 Å². The van der Waals surface area contributed by atoms with Crippen LogP contribution in [0.5, 0.6) is 0 Å². The Kier molecular flexibility index (Phi) is 4.38. The summed E-state index contributed by atoms with van der Waals surface area (Å²) in [5.74, 6) is 0.578. The van der Waals surface area contributed by atoms with E-state index < -0.39 is 10.0 Å². The highest BCUT2D eigenvalue weighted by Crippen LogP contribution is 2.31. The van der Waals surface area contributed by atoms with Crippen molar-refractivity contribution in [3.8, 4) is 0 Å². The Morgan fingerprint density at radius 1 is 1.29 bits per heavy atom. The smallest absolute Gasteiger partial charge is 0.263 e. The highest BCUT2D eigenvalue weighted by Gasteiger charge is 2.37.